The number of rotatable bonds is 7. The molecule has 0 amide bonds. The fourth-order valence-corrected chi connectivity index (χ4v) is 4.96. The van der Waals surface area contributed by atoms with Crippen molar-refractivity contribution in [1.82, 2.24) is 4.98 Å². The Morgan fingerprint density at radius 1 is 0.912 bits per heavy atom. The van der Waals surface area contributed by atoms with Crippen molar-refractivity contribution >= 4 is 50.7 Å². The lowest BCUT2D eigenvalue weighted by Gasteiger charge is -2.04. The van der Waals surface area contributed by atoms with Gasteiger partial charge in [0.2, 0.25) is 0 Å². The molecule has 0 atom stereocenters. The summed E-state index contributed by atoms with van der Waals surface area (Å²) >= 11 is 1.95. The van der Waals surface area contributed by atoms with Crippen LogP contribution in [0.15, 0.2) is 100 Å². The first-order chi connectivity index (χ1) is 16.6. The van der Waals surface area contributed by atoms with E-state index in [2.05, 4.69) is 4.98 Å². The predicted octanol–water partition coefficient (Wildman–Crippen LogP) is 8.29. The molecule has 3 aromatic carbocycles. The van der Waals surface area contributed by atoms with Gasteiger partial charge in [0, 0.05) is 16.0 Å². The molecule has 0 bridgehead atoms. The van der Waals surface area contributed by atoms with Gasteiger partial charge >= 0.3 is 0 Å². The smallest absolute Gasteiger partial charge is 0.288 e. The second kappa shape index (κ2) is 9.75. The van der Waals surface area contributed by atoms with Crippen molar-refractivity contribution in [2.45, 2.75) is 10.7 Å². The highest BCUT2D eigenvalue weighted by molar-refractivity contribution is 7.99. The molecule has 0 aliphatic carbocycles. The summed E-state index contributed by atoms with van der Waals surface area (Å²) in [7, 11) is 0. The lowest BCUT2D eigenvalue weighted by atomic mass is 10.0. The SMILES string of the molecule is O=C(C(=Cc1ccc(-c2ccc(SC(F)F)cc2)o1)c1nc2ccccc2s1)c1ccccc1. The van der Waals surface area contributed by atoms with Crippen LogP contribution in [0.2, 0.25) is 0 Å². The summed E-state index contributed by atoms with van der Waals surface area (Å²) < 4.78 is 32.1. The van der Waals surface area contributed by atoms with Crippen LogP contribution in [0.25, 0.3) is 33.2 Å². The lowest BCUT2D eigenvalue weighted by Crippen LogP contribution is -2.02. The molecule has 7 heteroatoms. The van der Waals surface area contributed by atoms with Crippen molar-refractivity contribution in [3.05, 3.63) is 107 Å². The zero-order chi connectivity index (χ0) is 23.5. The van der Waals surface area contributed by atoms with E-state index in [0.717, 1.165) is 15.8 Å². The van der Waals surface area contributed by atoms with Crippen LogP contribution in [0.3, 0.4) is 0 Å². The Kier molecular flexibility index (Phi) is 6.38. The van der Waals surface area contributed by atoms with Gasteiger partial charge in [0.15, 0.2) is 5.78 Å². The molecule has 0 aliphatic heterocycles. The van der Waals surface area contributed by atoms with Gasteiger partial charge in [-0.3, -0.25) is 4.79 Å². The van der Waals surface area contributed by atoms with Crippen molar-refractivity contribution in [3.63, 3.8) is 0 Å². The molecule has 0 spiro atoms. The molecule has 2 heterocycles. The van der Waals surface area contributed by atoms with Gasteiger partial charge in [0.25, 0.3) is 5.76 Å². The molecule has 168 valence electrons. The molecule has 3 nitrogen and oxygen atoms in total. The summed E-state index contributed by atoms with van der Waals surface area (Å²) in [5.41, 5.74) is 2.59. The van der Waals surface area contributed by atoms with E-state index in [0.29, 0.717) is 44.3 Å². The Balaban J connectivity index is 1.52. The van der Waals surface area contributed by atoms with E-state index >= 15 is 0 Å². The molecule has 0 saturated carbocycles. The summed E-state index contributed by atoms with van der Waals surface area (Å²) in [5.74, 6) is -1.53. The minimum absolute atomic E-state index is 0.147. The minimum Gasteiger partial charge on any atom is -0.457 e. The van der Waals surface area contributed by atoms with Crippen LogP contribution in [0.4, 0.5) is 8.78 Å². The molecule has 0 saturated heterocycles. The molecule has 0 radical (unpaired) electrons. The van der Waals surface area contributed by atoms with E-state index in [-0.39, 0.29) is 5.78 Å². The number of alkyl halides is 2. The number of halogens is 2. The quantitative estimate of drug-likeness (QED) is 0.131. The zero-order valence-electron chi connectivity index (χ0n) is 17.7. The molecule has 5 aromatic rings. The summed E-state index contributed by atoms with van der Waals surface area (Å²) in [6, 6.07) is 27.1. The number of hydrogen-bond acceptors (Lipinski definition) is 5. The van der Waals surface area contributed by atoms with E-state index in [1.54, 1.807) is 54.6 Å². The number of aromatic nitrogens is 1. The molecule has 2 aromatic heterocycles. The number of thiazole rings is 1. The first-order valence-electron chi connectivity index (χ1n) is 10.4. The van der Waals surface area contributed by atoms with Gasteiger partial charge in [-0.05, 0) is 42.5 Å². The fourth-order valence-electron chi connectivity index (χ4n) is 3.49. The van der Waals surface area contributed by atoms with Gasteiger partial charge in [0.1, 0.15) is 16.5 Å². The van der Waals surface area contributed by atoms with Crippen molar-refractivity contribution in [1.29, 1.82) is 0 Å². The van der Waals surface area contributed by atoms with Crippen LogP contribution in [0.5, 0.6) is 0 Å². The average Bonchev–Trinajstić information content (AvgIpc) is 3.50. The summed E-state index contributed by atoms with van der Waals surface area (Å²) in [6.45, 7) is 0. The van der Waals surface area contributed by atoms with E-state index in [1.165, 1.54) is 11.3 Å². The molecule has 0 aliphatic rings. The lowest BCUT2D eigenvalue weighted by molar-refractivity contribution is 0.105. The van der Waals surface area contributed by atoms with Gasteiger partial charge in [-0.1, -0.05) is 66.4 Å². The predicted molar refractivity (Wildman–Crippen MR) is 134 cm³/mol. The average molecular weight is 490 g/mol. The number of furan rings is 1. The summed E-state index contributed by atoms with van der Waals surface area (Å²) in [4.78, 5) is 18.6. The van der Waals surface area contributed by atoms with E-state index < -0.39 is 5.76 Å². The number of Topliss-reactive ketones (excluding diaryl/α,β-unsaturated/α-hetero) is 1. The normalized spacial score (nSPS) is 11.9. The highest BCUT2D eigenvalue weighted by atomic mass is 32.2. The Morgan fingerprint density at radius 2 is 1.65 bits per heavy atom. The van der Waals surface area contributed by atoms with Gasteiger partial charge in [-0.25, -0.2) is 4.98 Å². The number of para-hydroxylation sites is 1. The number of ketones is 1. The fraction of sp³-hybridized carbons (Fsp3) is 0.0370. The number of fused-ring (bicyclic) bond motifs is 1. The Bertz CT molecular complexity index is 1440. The van der Waals surface area contributed by atoms with Crippen molar-refractivity contribution in [2.24, 2.45) is 0 Å². The highest BCUT2D eigenvalue weighted by Gasteiger charge is 2.19. The number of hydrogen-bond donors (Lipinski definition) is 0. The Hall–Kier alpha value is -3.55. The van der Waals surface area contributed by atoms with Gasteiger partial charge in [-0.2, -0.15) is 8.78 Å². The number of thioether (sulfide) groups is 1. The van der Waals surface area contributed by atoms with Crippen molar-refractivity contribution < 1.29 is 18.0 Å². The second-order valence-corrected chi connectivity index (χ2v) is 9.44. The molecular weight excluding hydrogens is 472 g/mol. The third-order valence-corrected chi connectivity index (χ3v) is 6.87. The summed E-state index contributed by atoms with van der Waals surface area (Å²) in [5, 5.41) is 0.612. The van der Waals surface area contributed by atoms with Crippen LogP contribution in [0.1, 0.15) is 21.1 Å². The Labute approximate surface area is 202 Å². The van der Waals surface area contributed by atoms with Crippen LogP contribution < -0.4 is 0 Å². The number of nitrogens with zero attached hydrogens (tertiary/aromatic N) is 1. The highest BCUT2D eigenvalue weighted by Crippen LogP contribution is 2.33. The second-order valence-electron chi connectivity index (χ2n) is 7.34. The van der Waals surface area contributed by atoms with E-state index in [1.807, 2.05) is 42.5 Å². The van der Waals surface area contributed by atoms with E-state index in [4.69, 9.17) is 4.42 Å². The molecule has 0 unspecified atom stereocenters. The first kappa shape index (κ1) is 22.3. The number of allylic oxidation sites excluding steroid dienone is 1. The maximum Gasteiger partial charge on any atom is 0.288 e. The number of carbonyl (C=O) groups is 1. The minimum atomic E-state index is -2.46. The van der Waals surface area contributed by atoms with Gasteiger partial charge < -0.3 is 4.42 Å². The van der Waals surface area contributed by atoms with Gasteiger partial charge in [0.05, 0.1) is 15.8 Å². The van der Waals surface area contributed by atoms with Crippen LogP contribution in [0, 0.1) is 0 Å². The topological polar surface area (TPSA) is 43.1 Å². The Morgan fingerprint density at radius 3 is 2.38 bits per heavy atom. The van der Waals surface area contributed by atoms with Crippen LogP contribution >= 0.6 is 23.1 Å². The van der Waals surface area contributed by atoms with Crippen LogP contribution in [-0.4, -0.2) is 16.5 Å². The standard InChI is InChI=1S/C27H17F2NO2S2/c28-27(29)33-20-13-10-17(11-14-20)23-15-12-19(32-23)16-21(25(31)18-6-2-1-3-7-18)26-30-22-8-4-5-9-24(22)34-26/h1-16,27H. The zero-order valence-corrected chi connectivity index (χ0v) is 19.3. The third kappa shape index (κ3) is 4.85. The molecule has 0 N–H and O–H groups in total. The molecular formula is C27H17F2NO2S2. The molecule has 0 fully saturated rings. The summed E-state index contributed by atoms with van der Waals surface area (Å²) in [6.07, 6.45) is 1.71. The molecule has 34 heavy (non-hydrogen) atoms. The maximum atomic E-state index is 13.4. The number of benzene rings is 3. The van der Waals surface area contributed by atoms with Crippen LogP contribution in [-0.2, 0) is 0 Å². The molecule has 5 rings (SSSR count). The number of carbonyl (C=O) groups excluding carboxylic acids is 1. The van der Waals surface area contributed by atoms with Crippen molar-refractivity contribution in [3.8, 4) is 11.3 Å². The van der Waals surface area contributed by atoms with Crippen molar-refractivity contribution in [2.75, 3.05) is 0 Å². The largest absolute Gasteiger partial charge is 0.457 e. The first-order valence-corrected chi connectivity index (χ1v) is 12.1. The van der Waals surface area contributed by atoms with E-state index in [9.17, 15) is 13.6 Å². The monoisotopic (exact) mass is 489 g/mol. The maximum absolute atomic E-state index is 13.4. The third-order valence-electron chi connectivity index (χ3n) is 5.08. The van der Waals surface area contributed by atoms with Gasteiger partial charge in [-0.15, -0.1) is 11.3 Å².